The van der Waals surface area contributed by atoms with Crippen LogP contribution in [0.4, 0.5) is 5.82 Å². The van der Waals surface area contributed by atoms with Crippen LogP contribution in [-0.2, 0) is 11.4 Å². The van der Waals surface area contributed by atoms with Gasteiger partial charge in [0.25, 0.3) is 5.56 Å². The molecule has 1 aromatic heterocycles. The molecule has 2 N–H and O–H groups in total. The molecule has 0 aliphatic carbocycles. The number of hydrogen-bond acceptors (Lipinski definition) is 4. The Kier molecular flexibility index (Phi) is 4.46. The molecule has 3 aromatic rings. The smallest absolute Gasteiger partial charge is 0.256 e. The quantitative estimate of drug-likeness (QED) is 0.748. The first-order chi connectivity index (χ1) is 13.1. The van der Waals surface area contributed by atoms with Crippen molar-refractivity contribution < 1.29 is 9.53 Å². The molecule has 6 nitrogen and oxygen atoms in total. The van der Waals surface area contributed by atoms with Crippen LogP contribution in [0, 0.1) is 6.92 Å². The normalized spacial score (nSPS) is 15.7. The molecule has 4 rings (SSSR count). The van der Waals surface area contributed by atoms with Crippen molar-refractivity contribution in [1.29, 1.82) is 0 Å². The summed E-state index contributed by atoms with van der Waals surface area (Å²) >= 11 is 0. The number of aromatic amines is 1. The van der Waals surface area contributed by atoms with E-state index >= 15 is 0 Å². The number of amides is 1. The molecule has 0 saturated heterocycles. The highest BCUT2D eigenvalue weighted by Crippen LogP contribution is 2.34. The summed E-state index contributed by atoms with van der Waals surface area (Å²) in [6.07, 6.45) is 0.213. The van der Waals surface area contributed by atoms with Gasteiger partial charge in [0.05, 0.1) is 5.56 Å². The highest BCUT2D eigenvalue weighted by Gasteiger charge is 2.30. The van der Waals surface area contributed by atoms with Gasteiger partial charge in [0, 0.05) is 12.3 Å². The molecule has 27 heavy (non-hydrogen) atoms. The van der Waals surface area contributed by atoms with Gasteiger partial charge in [-0.25, -0.2) is 4.98 Å². The maximum atomic E-state index is 12.4. The Labute approximate surface area is 156 Å². The molecular formula is C21H19N3O3. The molecule has 1 aliphatic heterocycles. The van der Waals surface area contributed by atoms with E-state index in [4.69, 9.17) is 4.74 Å². The van der Waals surface area contributed by atoms with E-state index in [2.05, 4.69) is 15.3 Å². The Morgan fingerprint density at radius 3 is 2.56 bits per heavy atom. The molecule has 136 valence electrons. The predicted molar refractivity (Wildman–Crippen MR) is 102 cm³/mol. The molecule has 0 unspecified atom stereocenters. The molecule has 0 saturated carbocycles. The van der Waals surface area contributed by atoms with Crippen LogP contribution in [0.25, 0.3) is 0 Å². The average Bonchev–Trinajstić information content (AvgIpc) is 2.66. The molecule has 6 heteroatoms. The van der Waals surface area contributed by atoms with Crippen LogP contribution in [0.15, 0.2) is 59.4 Å². The van der Waals surface area contributed by atoms with Crippen LogP contribution in [0.2, 0.25) is 0 Å². The summed E-state index contributed by atoms with van der Waals surface area (Å²) in [7, 11) is 0. The lowest BCUT2D eigenvalue weighted by molar-refractivity contribution is -0.116. The Balaban J connectivity index is 1.58. The number of anilines is 1. The highest BCUT2D eigenvalue weighted by molar-refractivity contribution is 5.94. The highest BCUT2D eigenvalue weighted by atomic mass is 16.5. The van der Waals surface area contributed by atoms with Gasteiger partial charge in [-0.2, -0.15) is 0 Å². The Hall–Kier alpha value is -3.41. The second-order valence-corrected chi connectivity index (χ2v) is 6.56. The number of aromatic nitrogens is 2. The summed E-state index contributed by atoms with van der Waals surface area (Å²) in [6, 6.07) is 17.4. The zero-order chi connectivity index (χ0) is 18.8. The van der Waals surface area contributed by atoms with E-state index in [-0.39, 0.29) is 23.8 Å². The van der Waals surface area contributed by atoms with Crippen molar-refractivity contribution >= 4 is 11.7 Å². The van der Waals surface area contributed by atoms with Crippen molar-refractivity contribution in [2.75, 3.05) is 5.32 Å². The van der Waals surface area contributed by atoms with Crippen LogP contribution in [0.3, 0.4) is 0 Å². The first-order valence-electron chi connectivity index (χ1n) is 8.77. The van der Waals surface area contributed by atoms with Crippen molar-refractivity contribution in [3.05, 3.63) is 87.5 Å². The van der Waals surface area contributed by atoms with Crippen LogP contribution in [0.5, 0.6) is 5.75 Å². The Bertz CT molecular complexity index is 1030. The number of benzene rings is 2. The second kappa shape index (κ2) is 7.07. The van der Waals surface area contributed by atoms with Crippen LogP contribution in [0.1, 0.15) is 34.9 Å². The minimum atomic E-state index is -0.325. The van der Waals surface area contributed by atoms with Gasteiger partial charge in [-0.15, -0.1) is 0 Å². The number of nitrogens with one attached hydrogen (secondary N) is 2. The number of carbonyl (C=O) groups excluding carboxylic acids is 1. The van der Waals surface area contributed by atoms with Crippen LogP contribution < -0.4 is 15.6 Å². The lowest BCUT2D eigenvalue weighted by Gasteiger charge is -2.24. The number of carbonyl (C=O) groups is 1. The first kappa shape index (κ1) is 17.0. The van der Waals surface area contributed by atoms with Crippen LogP contribution >= 0.6 is 0 Å². The zero-order valence-electron chi connectivity index (χ0n) is 14.9. The van der Waals surface area contributed by atoms with E-state index < -0.39 is 0 Å². The molecule has 0 spiro atoms. The third kappa shape index (κ3) is 3.60. The van der Waals surface area contributed by atoms with E-state index in [1.54, 1.807) is 6.92 Å². The maximum absolute atomic E-state index is 12.4. The SMILES string of the molecule is Cc1nc2c(c(=O)[nH]1)[C@@H](c1ccc(OCc3ccccc3)cc1)CC(=O)N2. The summed E-state index contributed by atoms with van der Waals surface area (Å²) in [5.41, 5.74) is 2.26. The lowest BCUT2D eigenvalue weighted by atomic mass is 9.87. The molecule has 2 aromatic carbocycles. The van der Waals surface area contributed by atoms with Gasteiger partial charge >= 0.3 is 0 Å². The summed E-state index contributed by atoms with van der Waals surface area (Å²) in [5, 5.41) is 2.70. The maximum Gasteiger partial charge on any atom is 0.256 e. The Morgan fingerprint density at radius 2 is 1.81 bits per heavy atom. The fourth-order valence-electron chi connectivity index (χ4n) is 3.31. The van der Waals surface area contributed by atoms with Crippen molar-refractivity contribution in [2.24, 2.45) is 0 Å². The van der Waals surface area contributed by atoms with Crippen LogP contribution in [-0.4, -0.2) is 15.9 Å². The molecule has 0 bridgehead atoms. The fourth-order valence-corrected chi connectivity index (χ4v) is 3.31. The summed E-state index contributed by atoms with van der Waals surface area (Å²) in [6.45, 7) is 2.17. The number of rotatable bonds is 4. The summed E-state index contributed by atoms with van der Waals surface area (Å²) < 4.78 is 5.80. The monoisotopic (exact) mass is 361 g/mol. The van der Waals surface area contributed by atoms with Crippen molar-refractivity contribution in [3.8, 4) is 5.75 Å². The molecule has 0 fully saturated rings. The van der Waals surface area contributed by atoms with E-state index in [0.29, 0.717) is 23.8 Å². The lowest BCUT2D eigenvalue weighted by Crippen LogP contribution is -2.31. The van der Waals surface area contributed by atoms with Gasteiger partial charge in [-0.3, -0.25) is 9.59 Å². The number of nitrogens with zero attached hydrogens (tertiary/aromatic N) is 1. The third-order valence-corrected chi connectivity index (χ3v) is 4.60. The molecule has 1 aliphatic rings. The van der Waals surface area contributed by atoms with E-state index in [0.717, 1.165) is 16.9 Å². The largest absolute Gasteiger partial charge is 0.489 e. The number of ether oxygens (including phenoxy) is 1. The Morgan fingerprint density at radius 1 is 1.07 bits per heavy atom. The van der Waals surface area contributed by atoms with Gasteiger partial charge < -0.3 is 15.0 Å². The van der Waals surface area contributed by atoms with Crippen molar-refractivity contribution in [1.82, 2.24) is 9.97 Å². The van der Waals surface area contributed by atoms with Crippen molar-refractivity contribution in [3.63, 3.8) is 0 Å². The topological polar surface area (TPSA) is 84.1 Å². The van der Waals surface area contributed by atoms with E-state index in [9.17, 15) is 9.59 Å². The van der Waals surface area contributed by atoms with Gasteiger partial charge in [0.15, 0.2) is 0 Å². The number of hydrogen-bond donors (Lipinski definition) is 2. The molecule has 1 amide bonds. The van der Waals surface area contributed by atoms with E-state index in [1.165, 1.54) is 0 Å². The zero-order valence-corrected chi connectivity index (χ0v) is 14.9. The number of H-pyrrole nitrogens is 1. The minimum absolute atomic E-state index is 0.144. The first-order valence-corrected chi connectivity index (χ1v) is 8.77. The standard InChI is InChI=1S/C21H19N3O3/c1-13-22-20-19(21(26)23-13)17(11-18(25)24-20)15-7-9-16(10-8-15)27-12-14-5-3-2-4-6-14/h2-10,17H,11-12H2,1H3,(H2,22,23,24,25,26)/t17-/m1/s1. The van der Waals surface area contributed by atoms with Gasteiger partial charge in [0.1, 0.15) is 24.0 Å². The fraction of sp³-hybridized carbons (Fsp3) is 0.190. The molecule has 1 atom stereocenters. The molecule has 2 heterocycles. The van der Waals surface area contributed by atoms with Gasteiger partial charge in [0.2, 0.25) is 5.91 Å². The average molecular weight is 361 g/mol. The van der Waals surface area contributed by atoms with Gasteiger partial charge in [-0.05, 0) is 30.2 Å². The number of aryl methyl sites for hydroxylation is 1. The molecular weight excluding hydrogens is 342 g/mol. The molecule has 0 radical (unpaired) electrons. The minimum Gasteiger partial charge on any atom is -0.489 e. The van der Waals surface area contributed by atoms with Gasteiger partial charge in [-0.1, -0.05) is 42.5 Å². The second-order valence-electron chi connectivity index (χ2n) is 6.56. The van der Waals surface area contributed by atoms with E-state index in [1.807, 2.05) is 54.6 Å². The third-order valence-electron chi connectivity index (χ3n) is 4.60. The number of fused-ring (bicyclic) bond motifs is 1. The summed E-state index contributed by atoms with van der Waals surface area (Å²) in [5.74, 6) is 1.09. The predicted octanol–water partition coefficient (Wildman–Crippen LogP) is 3.13. The van der Waals surface area contributed by atoms with Crippen molar-refractivity contribution in [2.45, 2.75) is 25.9 Å². The summed E-state index contributed by atoms with van der Waals surface area (Å²) in [4.78, 5) is 31.5.